The maximum atomic E-state index is 5.77. The number of hydrogen-bond donors (Lipinski definition) is 1. The van der Waals surface area contributed by atoms with Crippen LogP contribution < -0.4 is 5.32 Å². The van der Waals surface area contributed by atoms with Crippen LogP contribution in [0.25, 0.3) is 11.1 Å². The molecule has 0 spiro atoms. The molecule has 23 heavy (non-hydrogen) atoms. The van der Waals surface area contributed by atoms with Crippen LogP contribution in [0.4, 0.5) is 6.01 Å². The molecule has 124 valence electrons. The summed E-state index contributed by atoms with van der Waals surface area (Å²) in [6.07, 6.45) is 1.12. The first-order chi connectivity index (χ1) is 11.4. The molecule has 1 N–H and O–H groups in total. The fourth-order valence-electron chi connectivity index (χ4n) is 3.50. The molecule has 0 unspecified atom stereocenters. The van der Waals surface area contributed by atoms with Crippen LogP contribution in [0.2, 0.25) is 0 Å². The summed E-state index contributed by atoms with van der Waals surface area (Å²) >= 11 is 0. The van der Waals surface area contributed by atoms with Gasteiger partial charge in [-0.25, -0.2) is 0 Å². The second-order valence-corrected chi connectivity index (χ2v) is 6.21. The minimum Gasteiger partial charge on any atom is -0.424 e. The Balaban J connectivity index is 1.45. The molecule has 6 nitrogen and oxygen atoms in total. The number of oxazole rings is 1. The van der Waals surface area contributed by atoms with E-state index in [1.54, 1.807) is 0 Å². The molecule has 2 atom stereocenters. The first-order valence-corrected chi connectivity index (χ1v) is 8.39. The highest BCUT2D eigenvalue weighted by molar-refractivity contribution is 5.74. The smallest absolute Gasteiger partial charge is 0.295 e. The third-order valence-electron chi connectivity index (χ3n) is 4.78. The van der Waals surface area contributed by atoms with Crippen LogP contribution >= 0.6 is 0 Å². The molecule has 2 aromatic rings. The van der Waals surface area contributed by atoms with E-state index in [1.807, 2.05) is 24.3 Å². The van der Waals surface area contributed by atoms with Crippen LogP contribution in [0.15, 0.2) is 28.7 Å². The summed E-state index contributed by atoms with van der Waals surface area (Å²) in [5, 5.41) is 3.39. The first-order valence-electron chi connectivity index (χ1n) is 8.39. The molecular weight excluding hydrogens is 294 g/mol. The summed E-state index contributed by atoms with van der Waals surface area (Å²) in [5.74, 6) is 0.560. The number of rotatable bonds is 5. The van der Waals surface area contributed by atoms with Gasteiger partial charge in [-0.05, 0) is 18.6 Å². The third kappa shape index (κ3) is 3.34. The topological polar surface area (TPSA) is 59.8 Å². The Morgan fingerprint density at radius 1 is 1.17 bits per heavy atom. The zero-order chi connectivity index (χ0) is 15.5. The van der Waals surface area contributed by atoms with E-state index in [-0.39, 0.29) is 0 Å². The van der Waals surface area contributed by atoms with Crippen molar-refractivity contribution in [2.24, 2.45) is 5.92 Å². The average Bonchev–Trinajstić information content (AvgIpc) is 3.25. The molecule has 1 aromatic carbocycles. The maximum absolute atomic E-state index is 5.77. The van der Waals surface area contributed by atoms with Gasteiger partial charge in [-0.15, -0.1) is 0 Å². The van der Waals surface area contributed by atoms with Crippen LogP contribution in [0.3, 0.4) is 0 Å². The van der Waals surface area contributed by atoms with Gasteiger partial charge in [0.1, 0.15) is 5.52 Å². The fourth-order valence-corrected chi connectivity index (χ4v) is 3.50. The lowest BCUT2D eigenvalue weighted by atomic mass is 9.97. The molecule has 0 radical (unpaired) electrons. The van der Waals surface area contributed by atoms with Crippen LogP contribution in [0.1, 0.15) is 6.42 Å². The maximum Gasteiger partial charge on any atom is 0.295 e. The van der Waals surface area contributed by atoms with Gasteiger partial charge < -0.3 is 19.2 Å². The van der Waals surface area contributed by atoms with Gasteiger partial charge in [-0.3, -0.25) is 4.90 Å². The van der Waals surface area contributed by atoms with Gasteiger partial charge in [0.05, 0.1) is 19.8 Å². The molecule has 1 aromatic heterocycles. The van der Waals surface area contributed by atoms with Crippen molar-refractivity contribution < 1.29 is 13.9 Å². The second kappa shape index (κ2) is 6.86. The molecule has 6 heteroatoms. The molecule has 0 saturated carbocycles. The van der Waals surface area contributed by atoms with E-state index in [2.05, 4.69) is 15.2 Å². The molecule has 2 aliphatic rings. The number of nitrogens with one attached hydrogen (secondary N) is 1. The van der Waals surface area contributed by atoms with Crippen molar-refractivity contribution in [1.29, 1.82) is 0 Å². The van der Waals surface area contributed by atoms with Gasteiger partial charge in [0, 0.05) is 38.2 Å². The van der Waals surface area contributed by atoms with Crippen molar-refractivity contribution >= 4 is 17.1 Å². The van der Waals surface area contributed by atoms with Crippen LogP contribution in [-0.4, -0.2) is 62.0 Å². The van der Waals surface area contributed by atoms with Gasteiger partial charge >= 0.3 is 0 Å². The quantitative estimate of drug-likeness (QED) is 0.910. The summed E-state index contributed by atoms with van der Waals surface area (Å²) in [5.41, 5.74) is 1.71. The molecule has 0 bridgehead atoms. The number of nitrogens with zero attached hydrogens (tertiary/aromatic N) is 2. The molecule has 0 amide bonds. The van der Waals surface area contributed by atoms with Gasteiger partial charge in [0.15, 0.2) is 5.58 Å². The Hall–Kier alpha value is -1.63. The largest absolute Gasteiger partial charge is 0.424 e. The molecule has 2 fully saturated rings. The highest BCUT2D eigenvalue weighted by atomic mass is 16.5. The number of hydrogen-bond acceptors (Lipinski definition) is 6. The lowest BCUT2D eigenvalue weighted by Crippen LogP contribution is -2.50. The number of morpholine rings is 1. The molecular formula is C17H23N3O3. The van der Waals surface area contributed by atoms with Crippen LogP contribution in [-0.2, 0) is 9.47 Å². The summed E-state index contributed by atoms with van der Waals surface area (Å²) in [7, 11) is 0. The average molecular weight is 317 g/mol. The molecule has 2 aliphatic heterocycles. The Kier molecular flexibility index (Phi) is 4.46. The van der Waals surface area contributed by atoms with Crippen molar-refractivity contribution in [2.75, 3.05) is 51.4 Å². The van der Waals surface area contributed by atoms with Gasteiger partial charge in [0.25, 0.3) is 6.01 Å². The summed E-state index contributed by atoms with van der Waals surface area (Å²) in [4.78, 5) is 7.02. The zero-order valence-corrected chi connectivity index (χ0v) is 13.2. The highest BCUT2D eigenvalue weighted by Gasteiger charge is 2.31. The van der Waals surface area contributed by atoms with Crippen molar-refractivity contribution in [2.45, 2.75) is 12.5 Å². The van der Waals surface area contributed by atoms with Crippen molar-refractivity contribution in [3.63, 3.8) is 0 Å². The van der Waals surface area contributed by atoms with E-state index in [4.69, 9.17) is 13.9 Å². The predicted molar refractivity (Wildman–Crippen MR) is 87.6 cm³/mol. The van der Waals surface area contributed by atoms with E-state index in [0.29, 0.717) is 18.0 Å². The molecule has 2 saturated heterocycles. The SMILES string of the molecule is c1ccc2oc(NC[C@H]([C@@H]3CCOC3)N3CCOCC3)nc2c1. The van der Waals surface area contributed by atoms with Crippen LogP contribution in [0, 0.1) is 5.92 Å². The van der Waals surface area contributed by atoms with E-state index < -0.39 is 0 Å². The monoisotopic (exact) mass is 317 g/mol. The number of anilines is 1. The second-order valence-electron chi connectivity index (χ2n) is 6.21. The van der Waals surface area contributed by atoms with Crippen molar-refractivity contribution in [3.8, 4) is 0 Å². The third-order valence-corrected chi connectivity index (χ3v) is 4.78. The van der Waals surface area contributed by atoms with E-state index in [0.717, 1.165) is 63.6 Å². The number of aromatic nitrogens is 1. The lowest BCUT2D eigenvalue weighted by Gasteiger charge is -2.37. The van der Waals surface area contributed by atoms with E-state index >= 15 is 0 Å². The highest BCUT2D eigenvalue weighted by Crippen LogP contribution is 2.24. The Bertz CT molecular complexity index is 600. The Morgan fingerprint density at radius 2 is 2.04 bits per heavy atom. The Morgan fingerprint density at radius 3 is 2.83 bits per heavy atom. The number of ether oxygens (including phenoxy) is 2. The van der Waals surface area contributed by atoms with Gasteiger partial charge in [0.2, 0.25) is 0 Å². The standard InChI is InChI=1S/C17H23N3O3/c1-2-4-16-14(3-1)19-17(23-16)18-11-15(13-5-8-22-12-13)20-6-9-21-10-7-20/h1-4,13,15H,5-12H2,(H,18,19)/t13-,15-/m1/s1. The minimum absolute atomic E-state index is 0.427. The van der Waals surface area contributed by atoms with Crippen LogP contribution in [0.5, 0.6) is 0 Å². The minimum atomic E-state index is 0.427. The summed E-state index contributed by atoms with van der Waals surface area (Å²) < 4.78 is 16.9. The molecule has 3 heterocycles. The summed E-state index contributed by atoms with van der Waals surface area (Å²) in [6.45, 7) is 6.12. The lowest BCUT2D eigenvalue weighted by molar-refractivity contribution is 0.00451. The zero-order valence-electron chi connectivity index (χ0n) is 13.2. The molecule has 4 rings (SSSR count). The van der Waals surface area contributed by atoms with Gasteiger partial charge in [-0.2, -0.15) is 4.98 Å². The van der Waals surface area contributed by atoms with Crippen molar-refractivity contribution in [1.82, 2.24) is 9.88 Å². The van der Waals surface area contributed by atoms with E-state index in [1.165, 1.54) is 0 Å². The first kappa shape index (κ1) is 14.9. The fraction of sp³-hybridized carbons (Fsp3) is 0.588. The van der Waals surface area contributed by atoms with E-state index in [9.17, 15) is 0 Å². The molecule has 0 aliphatic carbocycles. The van der Waals surface area contributed by atoms with Gasteiger partial charge in [-0.1, -0.05) is 12.1 Å². The summed E-state index contributed by atoms with van der Waals surface area (Å²) in [6, 6.07) is 8.87. The Labute approximate surface area is 135 Å². The number of fused-ring (bicyclic) bond motifs is 1. The number of benzene rings is 1. The normalized spacial score (nSPS) is 24.1. The number of para-hydroxylation sites is 2. The predicted octanol–water partition coefficient (Wildman–Crippen LogP) is 1.98. The van der Waals surface area contributed by atoms with Crippen molar-refractivity contribution in [3.05, 3.63) is 24.3 Å².